The highest BCUT2D eigenvalue weighted by Gasteiger charge is 2.02. The lowest BCUT2D eigenvalue weighted by Gasteiger charge is -2.04. The Balaban J connectivity index is 2.50. The van der Waals surface area contributed by atoms with Crippen molar-refractivity contribution in [3.63, 3.8) is 0 Å². The van der Waals surface area contributed by atoms with Crippen molar-refractivity contribution in [2.24, 2.45) is 0 Å². The number of rotatable bonds is 1. The smallest absolute Gasteiger partial charge is 0.0722 e. The molecule has 15 heavy (non-hydrogen) atoms. The molecule has 2 rings (SSSR count). The minimum atomic E-state index is 0.722. The fraction of sp³-hybridized carbons (Fsp3) is 0.167. The van der Waals surface area contributed by atoms with Crippen molar-refractivity contribution in [2.45, 2.75) is 13.8 Å². The van der Waals surface area contributed by atoms with E-state index in [0.717, 1.165) is 28.2 Å². The van der Waals surface area contributed by atoms with Gasteiger partial charge in [0.15, 0.2) is 0 Å². The van der Waals surface area contributed by atoms with Gasteiger partial charge in [-0.2, -0.15) is 0 Å². The van der Waals surface area contributed by atoms with Gasteiger partial charge in [0.25, 0.3) is 0 Å². The Kier molecular flexibility index (Phi) is 2.37. The lowest BCUT2D eigenvalue weighted by Crippen LogP contribution is -1.94. The number of anilines is 1. The van der Waals surface area contributed by atoms with Gasteiger partial charge in [0, 0.05) is 18.0 Å². The summed E-state index contributed by atoms with van der Waals surface area (Å²) in [4.78, 5) is 8.56. The molecule has 0 fully saturated rings. The van der Waals surface area contributed by atoms with Gasteiger partial charge in [0.05, 0.1) is 17.1 Å². The summed E-state index contributed by atoms with van der Waals surface area (Å²) in [7, 11) is 0. The van der Waals surface area contributed by atoms with Crippen molar-refractivity contribution < 1.29 is 0 Å². The standard InChI is InChI=1S/C12H13N3/c1-8-5-10(7-14-6-8)12-4-3-11(13)9(2)15-12/h3-7H,13H2,1-2H3. The zero-order chi connectivity index (χ0) is 10.8. The molecule has 2 heterocycles. The number of nitrogens with zero attached hydrogens (tertiary/aromatic N) is 2. The first-order chi connectivity index (χ1) is 7.16. The van der Waals surface area contributed by atoms with E-state index in [1.54, 1.807) is 0 Å². The van der Waals surface area contributed by atoms with Gasteiger partial charge in [0.2, 0.25) is 0 Å². The Hall–Kier alpha value is -1.90. The summed E-state index contributed by atoms with van der Waals surface area (Å²) < 4.78 is 0. The molecule has 3 nitrogen and oxygen atoms in total. The molecule has 0 amide bonds. The molecule has 76 valence electrons. The third kappa shape index (κ3) is 1.96. The van der Waals surface area contributed by atoms with Gasteiger partial charge in [-0.3, -0.25) is 9.97 Å². The van der Waals surface area contributed by atoms with Crippen LogP contribution >= 0.6 is 0 Å². The summed E-state index contributed by atoms with van der Waals surface area (Å²) in [6.07, 6.45) is 3.64. The summed E-state index contributed by atoms with van der Waals surface area (Å²) in [6, 6.07) is 5.85. The van der Waals surface area contributed by atoms with Gasteiger partial charge in [-0.25, -0.2) is 0 Å². The first-order valence-electron chi connectivity index (χ1n) is 4.82. The monoisotopic (exact) mass is 199 g/mol. The number of pyridine rings is 2. The van der Waals surface area contributed by atoms with Crippen LogP contribution in [0.1, 0.15) is 11.3 Å². The number of nitrogen functional groups attached to an aromatic ring is 1. The molecule has 0 atom stereocenters. The summed E-state index contributed by atoms with van der Waals surface area (Å²) in [5.41, 5.74) is 10.4. The predicted molar refractivity (Wildman–Crippen MR) is 61.4 cm³/mol. The van der Waals surface area contributed by atoms with Crippen LogP contribution in [0.5, 0.6) is 0 Å². The molecule has 0 aliphatic carbocycles. The van der Waals surface area contributed by atoms with Crippen LogP contribution in [0.15, 0.2) is 30.6 Å². The van der Waals surface area contributed by atoms with Crippen molar-refractivity contribution >= 4 is 5.69 Å². The predicted octanol–water partition coefficient (Wildman–Crippen LogP) is 2.34. The molecule has 0 spiro atoms. The maximum Gasteiger partial charge on any atom is 0.0722 e. The van der Waals surface area contributed by atoms with E-state index in [1.165, 1.54) is 0 Å². The Bertz CT molecular complexity index is 492. The highest BCUT2D eigenvalue weighted by molar-refractivity contribution is 5.61. The van der Waals surface area contributed by atoms with E-state index < -0.39 is 0 Å². The molecule has 0 saturated carbocycles. The highest BCUT2D eigenvalue weighted by Crippen LogP contribution is 2.19. The first kappa shape index (κ1) is 9.65. The molecule has 2 aromatic rings. The van der Waals surface area contributed by atoms with Crippen LogP contribution in [0.2, 0.25) is 0 Å². The van der Waals surface area contributed by atoms with E-state index in [9.17, 15) is 0 Å². The van der Waals surface area contributed by atoms with Gasteiger partial charge in [-0.05, 0) is 37.6 Å². The van der Waals surface area contributed by atoms with Crippen molar-refractivity contribution in [3.05, 3.63) is 41.9 Å². The molecule has 0 aromatic carbocycles. The second-order valence-electron chi connectivity index (χ2n) is 3.62. The van der Waals surface area contributed by atoms with E-state index in [4.69, 9.17) is 5.73 Å². The third-order valence-electron chi connectivity index (χ3n) is 2.30. The van der Waals surface area contributed by atoms with Crippen molar-refractivity contribution in [3.8, 4) is 11.3 Å². The van der Waals surface area contributed by atoms with Gasteiger partial charge in [-0.1, -0.05) is 0 Å². The van der Waals surface area contributed by atoms with E-state index >= 15 is 0 Å². The molecular weight excluding hydrogens is 186 g/mol. The third-order valence-corrected chi connectivity index (χ3v) is 2.30. The van der Waals surface area contributed by atoms with Crippen molar-refractivity contribution in [2.75, 3.05) is 5.73 Å². The molecule has 3 heteroatoms. The molecule has 0 unspecified atom stereocenters. The van der Waals surface area contributed by atoms with Gasteiger partial charge in [0.1, 0.15) is 0 Å². The minimum Gasteiger partial charge on any atom is -0.397 e. The maximum atomic E-state index is 5.72. The van der Waals surface area contributed by atoms with E-state index in [2.05, 4.69) is 16.0 Å². The maximum absolute atomic E-state index is 5.72. The van der Waals surface area contributed by atoms with Crippen molar-refractivity contribution in [1.82, 2.24) is 9.97 Å². The van der Waals surface area contributed by atoms with Crippen LogP contribution in [0, 0.1) is 13.8 Å². The fourth-order valence-electron chi connectivity index (χ4n) is 1.43. The fourth-order valence-corrected chi connectivity index (χ4v) is 1.43. The molecule has 2 N–H and O–H groups in total. The molecule has 0 bridgehead atoms. The van der Waals surface area contributed by atoms with Crippen LogP contribution in [0.4, 0.5) is 5.69 Å². The summed E-state index contributed by atoms with van der Waals surface area (Å²) in [6.45, 7) is 3.92. The first-order valence-corrected chi connectivity index (χ1v) is 4.82. The molecule has 0 aliphatic heterocycles. The largest absolute Gasteiger partial charge is 0.397 e. The van der Waals surface area contributed by atoms with Crippen LogP contribution in [0.25, 0.3) is 11.3 Å². The molecular formula is C12H13N3. The number of hydrogen-bond donors (Lipinski definition) is 1. The normalized spacial score (nSPS) is 10.3. The van der Waals surface area contributed by atoms with Gasteiger partial charge >= 0.3 is 0 Å². The SMILES string of the molecule is Cc1cncc(-c2ccc(N)c(C)n2)c1. The van der Waals surface area contributed by atoms with Crippen LogP contribution in [-0.4, -0.2) is 9.97 Å². The summed E-state index contributed by atoms with van der Waals surface area (Å²) in [5, 5.41) is 0. The molecule has 0 saturated heterocycles. The average Bonchev–Trinajstić information content (AvgIpc) is 2.22. The number of aromatic nitrogens is 2. The van der Waals surface area contributed by atoms with E-state index in [1.807, 2.05) is 38.4 Å². The topological polar surface area (TPSA) is 51.8 Å². The zero-order valence-electron chi connectivity index (χ0n) is 8.86. The lowest BCUT2D eigenvalue weighted by atomic mass is 10.1. The second kappa shape index (κ2) is 3.69. The Morgan fingerprint density at radius 2 is 1.93 bits per heavy atom. The van der Waals surface area contributed by atoms with E-state index in [0.29, 0.717) is 0 Å². The Labute approximate surface area is 89.0 Å². The molecule has 0 aliphatic rings. The highest BCUT2D eigenvalue weighted by atomic mass is 14.8. The van der Waals surface area contributed by atoms with Crippen LogP contribution in [0.3, 0.4) is 0 Å². The molecule has 0 radical (unpaired) electrons. The number of hydrogen-bond acceptors (Lipinski definition) is 3. The average molecular weight is 199 g/mol. The number of nitrogens with two attached hydrogens (primary N) is 1. The molecule has 2 aromatic heterocycles. The number of aryl methyl sites for hydroxylation is 2. The van der Waals surface area contributed by atoms with Crippen molar-refractivity contribution in [1.29, 1.82) is 0 Å². The van der Waals surface area contributed by atoms with Gasteiger partial charge < -0.3 is 5.73 Å². The van der Waals surface area contributed by atoms with Crippen LogP contribution in [-0.2, 0) is 0 Å². The van der Waals surface area contributed by atoms with E-state index in [-0.39, 0.29) is 0 Å². The quantitative estimate of drug-likeness (QED) is 0.767. The lowest BCUT2D eigenvalue weighted by molar-refractivity contribution is 1.19. The summed E-state index contributed by atoms with van der Waals surface area (Å²) in [5.74, 6) is 0. The zero-order valence-corrected chi connectivity index (χ0v) is 8.86. The minimum absolute atomic E-state index is 0.722. The second-order valence-corrected chi connectivity index (χ2v) is 3.62. The van der Waals surface area contributed by atoms with Gasteiger partial charge in [-0.15, -0.1) is 0 Å². The summed E-state index contributed by atoms with van der Waals surface area (Å²) >= 11 is 0. The Morgan fingerprint density at radius 1 is 1.13 bits per heavy atom. The Morgan fingerprint density at radius 3 is 2.60 bits per heavy atom. The van der Waals surface area contributed by atoms with Crippen LogP contribution < -0.4 is 5.73 Å².